The summed E-state index contributed by atoms with van der Waals surface area (Å²) in [7, 11) is 0. The third-order valence-corrected chi connectivity index (χ3v) is 3.18. The molecule has 15 heavy (non-hydrogen) atoms. The lowest BCUT2D eigenvalue weighted by Gasteiger charge is -2.19. The first-order valence-electron chi connectivity index (χ1n) is 5.22. The minimum absolute atomic E-state index is 0.827. The highest BCUT2D eigenvalue weighted by Gasteiger charge is 2.03. The molecule has 0 N–H and O–H groups in total. The topological polar surface area (TPSA) is 3.24 Å². The zero-order valence-corrected chi connectivity index (χ0v) is 10.9. The van der Waals surface area contributed by atoms with Gasteiger partial charge in [-0.2, -0.15) is 11.8 Å². The summed E-state index contributed by atoms with van der Waals surface area (Å²) in [6.07, 6.45) is 2.15. The molecule has 3 heteroatoms. The Morgan fingerprint density at radius 2 is 2.20 bits per heavy atom. The van der Waals surface area contributed by atoms with E-state index in [1.807, 2.05) is 30.0 Å². The summed E-state index contributed by atoms with van der Waals surface area (Å²) in [5.74, 6) is 1.19. The normalized spacial score (nSPS) is 10.9. The number of hydrogen-bond acceptors (Lipinski definition) is 2. The third kappa shape index (κ3) is 4.92. The van der Waals surface area contributed by atoms with E-state index in [-0.39, 0.29) is 0 Å². The van der Waals surface area contributed by atoms with Crippen molar-refractivity contribution in [3.05, 3.63) is 34.9 Å². The van der Waals surface area contributed by atoms with Crippen LogP contribution in [0.3, 0.4) is 0 Å². The molecule has 1 aromatic rings. The summed E-state index contributed by atoms with van der Waals surface area (Å²) >= 11 is 7.84. The molecule has 0 aliphatic heterocycles. The molecule has 0 radical (unpaired) electrons. The fourth-order valence-electron chi connectivity index (χ4n) is 1.46. The molecule has 0 aromatic heterocycles. The molecule has 0 amide bonds. The second-order valence-corrected chi connectivity index (χ2v) is 4.91. The van der Waals surface area contributed by atoms with E-state index in [4.69, 9.17) is 11.6 Å². The average molecular weight is 244 g/mol. The molecule has 0 aliphatic rings. The number of benzene rings is 1. The summed E-state index contributed by atoms with van der Waals surface area (Å²) in [5.41, 5.74) is 1.30. The summed E-state index contributed by atoms with van der Waals surface area (Å²) in [6, 6.07) is 8.11. The van der Waals surface area contributed by atoms with Gasteiger partial charge in [0.2, 0.25) is 0 Å². The van der Waals surface area contributed by atoms with E-state index in [0.29, 0.717) is 0 Å². The van der Waals surface area contributed by atoms with Gasteiger partial charge in [-0.25, -0.2) is 0 Å². The summed E-state index contributed by atoms with van der Waals surface area (Å²) in [5, 5.41) is 0.827. The minimum atomic E-state index is 0.827. The smallest absolute Gasteiger partial charge is 0.0409 e. The maximum absolute atomic E-state index is 5.95. The highest BCUT2D eigenvalue weighted by atomic mass is 35.5. The van der Waals surface area contributed by atoms with Crippen LogP contribution in [0.4, 0.5) is 0 Å². The SMILES string of the molecule is CCN(CCSC)Cc1cccc(Cl)c1. The zero-order valence-electron chi connectivity index (χ0n) is 9.37. The average Bonchev–Trinajstić information content (AvgIpc) is 2.24. The number of hydrogen-bond donors (Lipinski definition) is 0. The molecular weight excluding hydrogens is 226 g/mol. The summed E-state index contributed by atoms with van der Waals surface area (Å²) in [4.78, 5) is 2.43. The van der Waals surface area contributed by atoms with Crippen molar-refractivity contribution >= 4 is 23.4 Å². The Morgan fingerprint density at radius 1 is 1.40 bits per heavy atom. The summed E-state index contributed by atoms with van der Waals surface area (Å²) in [6.45, 7) is 5.43. The molecule has 1 aromatic carbocycles. The van der Waals surface area contributed by atoms with E-state index in [1.54, 1.807) is 0 Å². The number of nitrogens with zero attached hydrogens (tertiary/aromatic N) is 1. The van der Waals surface area contributed by atoms with Crippen molar-refractivity contribution in [1.82, 2.24) is 4.90 Å². The van der Waals surface area contributed by atoms with Crippen LogP contribution in [0.1, 0.15) is 12.5 Å². The fourth-order valence-corrected chi connectivity index (χ4v) is 2.12. The lowest BCUT2D eigenvalue weighted by molar-refractivity contribution is 0.298. The van der Waals surface area contributed by atoms with Crippen LogP contribution in [0.2, 0.25) is 5.02 Å². The zero-order chi connectivity index (χ0) is 11.1. The Bertz CT molecular complexity index is 291. The first-order valence-corrected chi connectivity index (χ1v) is 6.99. The molecule has 0 aliphatic carbocycles. The van der Waals surface area contributed by atoms with Crippen LogP contribution >= 0.6 is 23.4 Å². The van der Waals surface area contributed by atoms with Gasteiger partial charge in [0, 0.05) is 23.9 Å². The predicted octanol–water partition coefficient (Wildman–Crippen LogP) is 3.52. The first kappa shape index (κ1) is 12.9. The Morgan fingerprint density at radius 3 is 2.80 bits per heavy atom. The van der Waals surface area contributed by atoms with Gasteiger partial charge in [0.05, 0.1) is 0 Å². The molecule has 0 fully saturated rings. The van der Waals surface area contributed by atoms with Crippen LogP contribution in [-0.2, 0) is 6.54 Å². The molecule has 0 bridgehead atoms. The van der Waals surface area contributed by atoms with Crippen molar-refractivity contribution in [2.45, 2.75) is 13.5 Å². The van der Waals surface area contributed by atoms with Gasteiger partial charge in [-0.05, 0) is 30.5 Å². The fraction of sp³-hybridized carbons (Fsp3) is 0.500. The standard InChI is InChI=1S/C12H18ClNS/c1-3-14(7-8-15-2)10-11-5-4-6-12(13)9-11/h4-6,9H,3,7-8,10H2,1-2H3. The van der Waals surface area contributed by atoms with E-state index in [9.17, 15) is 0 Å². The molecule has 0 unspecified atom stereocenters. The molecule has 0 saturated carbocycles. The number of rotatable bonds is 6. The number of halogens is 1. The van der Waals surface area contributed by atoms with Gasteiger partial charge in [0.1, 0.15) is 0 Å². The van der Waals surface area contributed by atoms with Gasteiger partial charge in [0.15, 0.2) is 0 Å². The molecule has 0 spiro atoms. The highest BCUT2D eigenvalue weighted by Crippen LogP contribution is 2.12. The molecule has 1 rings (SSSR count). The van der Waals surface area contributed by atoms with E-state index in [2.05, 4.69) is 24.1 Å². The van der Waals surface area contributed by atoms with Crippen molar-refractivity contribution < 1.29 is 0 Å². The van der Waals surface area contributed by atoms with Crippen LogP contribution < -0.4 is 0 Å². The molecule has 0 atom stereocenters. The number of thioether (sulfide) groups is 1. The van der Waals surface area contributed by atoms with E-state index < -0.39 is 0 Å². The molecular formula is C12H18ClNS. The van der Waals surface area contributed by atoms with Crippen LogP contribution in [0, 0.1) is 0 Å². The van der Waals surface area contributed by atoms with Gasteiger partial charge in [-0.3, -0.25) is 4.90 Å². The summed E-state index contributed by atoms with van der Waals surface area (Å²) < 4.78 is 0. The molecule has 0 saturated heterocycles. The Hall–Kier alpha value is -0.180. The van der Waals surface area contributed by atoms with Gasteiger partial charge in [0.25, 0.3) is 0 Å². The van der Waals surface area contributed by atoms with E-state index in [0.717, 1.165) is 24.7 Å². The molecule has 0 heterocycles. The second-order valence-electron chi connectivity index (χ2n) is 3.49. The monoisotopic (exact) mass is 243 g/mol. The molecule has 84 valence electrons. The second kappa shape index (κ2) is 7.15. The third-order valence-electron chi connectivity index (χ3n) is 2.35. The quantitative estimate of drug-likeness (QED) is 0.752. The minimum Gasteiger partial charge on any atom is -0.299 e. The maximum Gasteiger partial charge on any atom is 0.0409 e. The van der Waals surface area contributed by atoms with Crippen LogP contribution in [0.15, 0.2) is 24.3 Å². The van der Waals surface area contributed by atoms with E-state index >= 15 is 0 Å². The molecule has 1 nitrogen and oxygen atoms in total. The van der Waals surface area contributed by atoms with Gasteiger partial charge >= 0.3 is 0 Å². The Kier molecular flexibility index (Phi) is 6.15. The van der Waals surface area contributed by atoms with Crippen LogP contribution in [-0.4, -0.2) is 30.0 Å². The largest absolute Gasteiger partial charge is 0.299 e. The van der Waals surface area contributed by atoms with Gasteiger partial charge < -0.3 is 0 Å². The highest BCUT2D eigenvalue weighted by molar-refractivity contribution is 7.98. The van der Waals surface area contributed by atoms with Crippen molar-refractivity contribution in [3.8, 4) is 0 Å². The van der Waals surface area contributed by atoms with Crippen LogP contribution in [0.5, 0.6) is 0 Å². The lowest BCUT2D eigenvalue weighted by Crippen LogP contribution is -2.25. The van der Waals surface area contributed by atoms with Crippen LogP contribution in [0.25, 0.3) is 0 Å². The predicted molar refractivity (Wildman–Crippen MR) is 70.8 cm³/mol. The first-order chi connectivity index (χ1) is 7.26. The van der Waals surface area contributed by atoms with Crippen molar-refractivity contribution in [3.63, 3.8) is 0 Å². The Labute approximate surface area is 102 Å². The van der Waals surface area contributed by atoms with Gasteiger partial charge in [-0.1, -0.05) is 30.7 Å². The van der Waals surface area contributed by atoms with E-state index in [1.165, 1.54) is 11.3 Å². The van der Waals surface area contributed by atoms with Gasteiger partial charge in [-0.15, -0.1) is 0 Å². The van der Waals surface area contributed by atoms with Crippen molar-refractivity contribution in [1.29, 1.82) is 0 Å². The lowest BCUT2D eigenvalue weighted by atomic mass is 10.2. The van der Waals surface area contributed by atoms with Crippen molar-refractivity contribution in [2.24, 2.45) is 0 Å². The maximum atomic E-state index is 5.95. The Balaban J connectivity index is 2.50. The van der Waals surface area contributed by atoms with Crippen molar-refractivity contribution in [2.75, 3.05) is 25.1 Å².